The molecule has 5 nitrogen and oxygen atoms in total. The standard InChI is InChI=1S/C18H25N3O2/c1-3-20-10-9-14(12-20)13-21(4-2)18(22)11-17-19-15-7-5-6-8-16(15)23-17/h5-8,14H,3-4,9-13H2,1-2H3. The third-order valence-corrected chi connectivity index (χ3v) is 4.67. The van der Waals surface area contributed by atoms with Crippen LogP contribution < -0.4 is 0 Å². The molecule has 5 heteroatoms. The summed E-state index contributed by atoms with van der Waals surface area (Å²) in [4.78, 5) is 21.4. The topological polar surface area (TPSA) is 49.6 Å². The summed E-state index contributed by atoms with van der Waals surface area (Å²) in [6.07, 6.45) is 1.42. The van der Waals surface area contributed by atoms with Gasteiger partial charge in [-0.05, 0) is 44.5 Å². The van der Waals surface area contributed by atoms with Gasteiger partial charge in [0, 0.05) is 19.6 Å². The van der Waals surface area contributed by atoms with Crippen molar-refractivity contribution in [1.82, 2.24) is 14.8 Å². The summed E-state index contributed by atoms with van der Waals surface area (Å²) >= 11 is 0. The molecule has 2 heterocycles. The number of aromatic nitrogens is 1. The summed E-state index contributed by atoms with van der Waals surface area (Å²) < 4.78 is 5.67. The van der Waals surface area contributed by atoms with Crippen LogP contribution in [0.1, 0.15) is 26.2 Å². The first kappa shape index (κ1) is 16.0. The van der Waals surface area contributed by atoms with Crippen LogP contribution in [0.3, 0.4) is 0 Å². The Morgan fingerprint density at radius 3 is 2.91 bits per heavy atom. The fourth-order valence-corrected chi connectivity index (χ4v) is 3.30. The molecule has 124 valence electrons. The number of hydrogen-bond donors (Lipinski definition) is 0. The van der Waals surface area contributed by atoms with Crippen molar-refractivity contribution in [2.45, 2.75) is 26.7 Å². The third kappa shape index (κ3) is 3.72. The van der Waals surface area contributed by atoms with E-state index < -0.39 is 0 Å². The van der Waals surface area contributed by atoms with Crippen molar-refractivity contribution in [3.63, 3.8) is 0 Å². The number of carbonyl (C=O) groups excluding carboxylic acids is 1. The van der Waals surface area contributed by atoms with E-state index in [2.05, 4.69) is 16.8 Å². The Morgan fingerprint density at radius 2 is 2.22 bits per heavy atom. The van der Waals surface area contributed by atoms with Crippen molar-refractivity contribution in [3.8, 4) is 0 Å². The Labute approximate surface area is 137 Å². The number of benzene rings is 1. The average Bonchev–Trinajstić information content (AvgIpc) is 3.18. The number of oxazole rings is 1. The number of para-hydroxylation sites is 2. The SMILES string of the molecule is CCN1CCC(CN(CC)C(=O)Cc2nc3ccccc3o2)C1. The summed E-state index contributed by atoms with van der Waals surface area (Å²) in [5, 5.41) is 0. The fraction of sp³-hybridized carbons (Fsp3) is 0.556. The highest BCUT2D eigenvalue weighted by atomic mass is 16.3. The van der Waals surface area contributed by atoms with Crippen LogP contribution >= 0.6 is 0 Å². The smallest absolute Gasteiger partial charge is 0.231 e. The predicted molar refractivity (Wildman–Crippen MR) is 90.2 cm³/mol. The average molecular weight is 315 g/mol. The number of carbonyl (C=O) groups is 1. The zero-order valence-electron chi connectivity index (χ0n) is 14.0. The van der Waals surface area contributed by atoms with E-state index in [0.29, 0.717) is 11.8 Å². The molecule has 0 bridgehead atoms. The lowest BCUT2D eigenvalue weighted by Gasteiger charge is -2.24. The first-order valence-electron chi connectivity index (χ1n) is 8.54. The Bertz CT molecular complexity index is 634. The van der Waals surface area contributed by atoms with E-state index in [1.165, 1.54) is 6.42 Å². The van der Waals surface area contributed by atoms with Crippen LogP contribution in [0, 0.1) is 5.92 Å². The highest BCUT2D eigenvalue weighted by Gasteiger charge is 2.25. The van der Waals surface area contributed by atoms with E-state index in [4.69, 9.17) is 4.42 Å². The number of likely N-dealkylation sites (tertiary alicyclic amines) is 1. The van der Waals surface area contributed by atoms with Gasteiger partial charge in [0.2, 0.25) is 11.8 Å². The van der Waals surface area contributed by atoms with E-state index in [0.717, 1.165) is 43.8 Å². The third-order valence-electron chi connectivity index (χ3n) is 4.67. The molecule has 2 aromatic rings. The zero-order chi connectivity index (χ0) is 16.2. The summed E-state index contributed by atoms with van der Waals surface area (Å²) in [5.74, 6) is 1.20. The minimum absolute atomic E-state index is 0.106. The number of fused-ring (bicyclic) bond motifs is 1. The Kier molecular flexibility index (Phi) is 4.96. The minimum atomic E-state index is 0.106. The molecule has 0 radical (unpaired) electrons. The molecule has 1 aliphatic rings. The van der Waals surface area contributed by atoms with E-state index in [1.807, 2.05) is 36.1 Å². The largest absolute Gasteiger partial charge is 0.440 e. The van der Waals surface area contributed by atoms with Crippen LogP contribution in [0.2, 0.25) is 0 Å². The molecule has 0 spiro atoms. The highest BCUT2D eigenvalue weighted by Crippen LogP contribution is 2.19. The molecule has 1 saturated heterocycles. The maximum Gasteiger partial charge on any atom is 0.231 e. The van der Waals surface area contributed by atoms with Crippen LogP contribution in [0.15, 0.2) is 28.7 Å². The van der Waals surface area contributed by atoms with Gasteiger partial charge < -0.3 is 14.2 Å². The van der Waals surface area contributed by atoms with Gasteiger partial charge in [-0.1, -0.05) is 19.1 Å². The summed E-state index contributed by atoms with van der Waals surface area (Å²) in [6.45, 7) is 9.16. The molecular weight excluding hydrogens is 290 g/mol. The molecule has 1 unspecified atom stereocenters. The Balaban J connectivity index is 1.61. The van der Waals surface area contributed by atoms with E-state index in [1.54, 1.807) is 0 Å². The Hall–Kier alpha value is -1.88. The molecular formula is C18H25N3O2. The zero-order valence-corrected chi connectivity index (χ0v) is 14.0. The molecule has 1 amide bonds. The molecule has 1 atom stereocenters. The maximum absolute atomic E-state index is 12.6. The van der Waals surface area contributed by atoms with Crippen LogP contribution in [0.25, 0.3) is 11.1 Å². The second-order valence-electron chi connectivity index (χ2n) is 6.23. The molecule has 23 heavy (non-hydrogen) atoms. The second kappa shape index (κ2) is 7.13. The number of rotatable bonds is 6. The van der Waals surface area contributed by atoms with Crippen molar-refractivity contribution < 1.29 is 9.21 Å². The fourth-order valence-electron chi connectivity index (χ4n) is 3.30. The maximum atomic E-state index is 12.6. The number of amides is 1. The lowest BCUT2D eigenvalue weighted by molar-refractivity contribution is -0.131. The van der Waals surface area contributed by atoms with Crippen molar-refractivity contribution in [3.05, 3.63) is 30.2 Å². The molecule has 3 rings (SSSR count). The molecule has 1 fully saturated rings. The minimum Gasteiger partial charge on any atom is -0.440 e. The molecule has 1 aromatic carbocycles. The van der Waals surface area contributed by atoms with Crippen molar-refractivity contribution in [2.75, 3.05) is 32.7 Å². The van der Waals surface area contributed by atoms with Crippen LogP contribution in [0.4, 0.5) is 0 Å². The van der Waals surface area contributed by atoms with Gasteiger partial charge in [-0.3, -0.25) is 4.79 Å². The van der Waals surface area contributed by atoms with E-state index >= 15 is 0 Å². The predicted octanol–water partition coefficient (Wildman–Crippen LogP) is 2.56. The van der Waals surface area contributed by atoms with Crippen molar-refractivity contribution in [2.24, 2.45) is 5.92 Å². The van der Waals surface area contributed by atoms with Crippen molar-refractivity contribution >= 4 is 17.0 Å². The lowest BCUT2D eigenvalue weighted by Crippen LogP contribution is -2.37. The molecule has 1 aromatic heterocycles. The normalized spacial score (nSPS) is 18.6. The lowest BCUT2D eigenvalue weighted by atomic mass is 10.1. The van der Waals surface area contributed by atoms with Gasteiger partial charge in [0.25, 0.3) is 0 Å². The monoisotopic (exact) mass is 315 g/mol. The first-order chi connectivity index (χ1) is 11.2. The van der Waals surface area contributed by atoms with Crippen LogP contribution in [-0.4, -0.2) is 53.4 Å². The summed E-state index contributed by atoms with van der Waals surface area (Å²) in [5.41, 5.74) is 1.56. The van der Waals surface area contributed by atoms with Gasteiger partial charge in [-0.25, -0.2) is 4.98 Å². The first-order valence-corrected chi connectivity index (χ1v) is 8.54. The Morgan fingerprint density at radius 1 is 1.39 bits per heavy atom. The van der Waals surface area contributed by atoms with E-state index in [-0.39, 0.29) is 12.3 Å². The van der Waals surface area contributed by atoms with Gasteiger partial charge >= 0.3 is 0 Å². The number of hydrogen-bond acceptors (Lipinski definition) is 4. The van der Waals surface area contributed by atoms with Crippen molar-refractivity contribution in [1.29, 1.82) is 0 Å². The summed E-state index contributed by atoms with van der Waals surface area (Å²) in [6, 6.07) is 7.62. The van der Waals surface area contributed by atoms with Gasteiger partial charge in [0.1, 0.15) is 11.9 Å². The number of nitrogens with zero attached hydrogens (tertiary/aromatic N) is 3. The van der Waals surface area contributed by atoms with Crippen LogP contribution in [0.5, 0.6) is 0 Å². The van der Waals surface area contributed by atoms with Crippen LogP contribution in [-0.2, 0) is 11.2 Å². The second-order valence-corrected chi connectivity index (χ2v) is 6.23. The molecule has 0 saturated carbocycles. The van der Waals surface area contributed by atoms with Gasteiger partial charge in [-0.15, -0.1) is 0 Å². The van der Waals surface area contributed by atoms with Gasteiger partial charge in [-0.2, -0.15) is 0 Å². The molecule has 0 aliphatic carbocycles. The van der Waals surface area contributed by atoms with E-state index in [9.17, 15) is 4.79 Å². The van der Waals surface area contributed by atoms with Gasteiger partial charge in [0.05, 0.1) is 0 Å². The molecule has 0 N–H and O–H groups in total. The quantitative estimate of drug-likeness (QED) is 0.822. The number of likely N-dealkylation sites (N-methyl/N-ethyl adjacent to an activating group) is 1. The highest BCUT2D eigenvalue weighted by molar-refractivity contribution is 5.79. The summed E-state index contributed by atoms with van der Waals surface area (Å²) in [7, 11) is 0. The van der Waals surface area contributed by atoms with Gasteiger partial charge in [0.15, 0.2) is 5.58 Å². The molecule has 1 aliphatic heterocycles.